The number of nitrogens with zero attached hydrogens (tertiary/aromatic N) is 2. The van der Waals surface area contributed by atoms with Crippen molar-refractivity contribution in [1.82, 2.24) is 15.1 Å². The predicted molar refractivity (Wildman–Crippen MR) is 48.6 cm³/mol. The van der Waals surface area contributed by atoms with Gasteiger partial charge in [0, 0.05) is 24.0 Å². The lowest BCUT2D eigenvalue weighted by Crippen LogP contribution is -2.11. The quantitative estimate of drug-likeness (QED) is 0.714. The fraction of sp³-hybridized carbons (Fsp3) is 0.444. The van der Waals surface area contributed by atoms with Gasteiger partial charge in [0.1, 0.15) is 0 Å². The van der Waals surface area contributed by atoms with E-state index in [1.807, 2.05) is 12.4 Å². The lowest BCUT2D eigenvalue weighted by molar-refractivity contribution is 0.648. The van der Waals surface area contributed by atoms with Crippen LogP contribution in [0.4, 0.5) is 0 Å². The molecule has 2 heterocycles. The lowest BCUT2D eigenvalue weighted by Gasteiger charge is -2.04. The van der Waals surface area contributed by atoms with Crippen LogP contribution in [-0.2, 0) is 0 Å². The molecule has 1 aromatic heterocycles. The molecule has 1 unspecified atom stereocenters. The number of nitrogens with one attached hydrogen (secondary N) is 1. The maximum Gasteiger partial charge on any atom is 0.0541 e. The van der Waals surface area contributed by atoms with Crippen LogP contribution in [0.25, 0.3) is 6.20 Å². The standard InChI is InChI=1S/C9H13N3/c1-2-12-7-8(6-11-12)9-4-3-5-10-9/h2,6-7,9-10H,1,3-5H2. The summed E-state index contributed by atoms with van der Waals surface area (Å²) in [6.45, 7) is 4.78. The maximum atomic E-state index is 4.14. The molecule has 0 saturated carbocycles. The van der Waals surface area contributed by atoms with E-state index in [-0.39, 0.29) is 0 Å². The second kappa shape index (κ2) is 3.11. The Morgan fingerprint density at radius 1 is 1.75 bits per heavy atom. The zero-order valence-corrected chi connectivity index (χ0v) is 7.03. The minimum absolute atomic E-state index is 0.513. The highest BCUT2D eigenvalue weighted by atomic mass is 15.2. The molecule has 0 amide bonds. The highest BCUT2D eigenvalue weighted by Crippen LogP contribution is 2.21. The molecule has 2 rings (SSSR count). The van der Waals surface area contributed by atoms with Crippen LogP contribution < -0.4 is 5.32 Å². The molecular weight excluding hydrogens is 150 g/mol. The smallest absolute Gasteiger partial charge is 0.0541 e. The third-order valence-electron chi connectivity index (χ3n) is 2.27. The summed E-state index contributed by atoms with van der Waals surface area (Å²) in [6.07, 6.45) is 8.13. The first-order chi connectivity index (χ1) is 5.90. The Balaban J connectivity index is 2.16. The van der Waals surface area contributed by atoms with Crippen LogP contribution in [0.2, 0.25) is 0 Å². The Bertz CT molecular complexity index is 271. The van der Waals surface area contributed by atoms with E-state index in [9.17, 15) is 0 Å². The number of hydrogen-bond donors (Lipinski definition) is 1. The third-order valence-corrected chi connectivity index (χ3v) is 2.27. The molecule has 1 atom stereocenters. The summed E-state index contributed by atoms with van der Waals surface area (Å²) in [6, 6.07) is 0.513. The molecule has 3 heteroatoms. The van der Waals surface area contributed by atoms with Gasteiger partial charge in [-0.25, -0.2) is 4.68 Å². The molecule has 64 valence electrons. The summed E-state index contributed by atoms with van der Waals surface area (Å²) in [5.74, 6) is 0. The molecule has 0 radical (unpaired) electrons. The number of rotatable bonds is 2. The van der Waals surface area contributed by atoms with E-state index >= 15 is 0 Å². The average molecular weight is 163 g/mol. The van der Waals surface area contributed by atoms with Crippen LogP contribution in [0, 0.1) is 0 Å². The molecule has 0 spiro atoms. The first-order valence-electron chi connectivity index (χ1n) is 4.30. The molecular formula is C9H13N3. The van der Waals surface area contributed by atoms with Crippen molar-refractivity contribution >= 4 is 6.20 Å². The lowest BCUT2D eigenvalue weighted by atomic mass is 10.1. The zero-order chi connectivity index (χ0) is 8.39. The van der Waals surface area contributed by atoms with Gasteiger partial charge in [-0.3, -0.25) is 0 Å². The van der Waals surface area contributed by atoms with Crippen LogP contribution in [0.3, 0.4) is 0 Å². The molecule has 12 heavy (non-hydrogen) atoms. The largest absolute Gasteiger partial charge is 0.310 e. The molecule has 1 saturated heterocycles. The van der Waals surface area contributed by atoms with Gasteiger partial charge in [-0.1, -0.05) is 6.58 Å². The molecule has 1 aromatic rings. The first-order valence-corrected chi connectivity index (χ1v) is 4.30. The molecule has 0 aromatic carbocycles. The molecule has 1 fully saturated rings. The van der Waals surface area contributed by atoms with Gasteiger partial charge in [0.15, 0.2) is 0 Å². The predicted octanol–water partition coefficient (Wildman–Crippen LogP) is 1.41. The van der Waals surface area contributed by atoms with Gasteiger partial charge in [-0.15, -0.1) is 0 Å². The van der Waals surface area contributed by atoms with Crippen LogP contribution in [0.15, 0.2) is 19.0 Å². The van der Waals surface area contributed by atoms with E-state index < -0.39 is 0 Å². The normalized spacial score (nSPS) is 22.8. The number of hydrogen-bond acceptors (Lipinski definition) is 2. The fourth-order valence-corrected chi connectivity index (χ4v) is 1.60. The molecule has 1 aliphatic heterocycles. The highest BCUT2D eigenvalue weighted by molar-refractivity contribution is 5.20. The molecule has 0 aliphatic carbocycles. The first kappa shape index (κ1) is 7.55. The molecule has 1 aliphatic rings. The van der Waals surface area contributed by atoms with Crippen LogP contribution in [0.1, 0.15) is 24.4 Å². The van der Waals surface area contributed by atoms with Gasteiger partial charge in [-0.2, -0.15) is 5.10 Å². The van der Waals surface area contributed by atoms with E-state index in [4.69, 9.17) is 0 Å². The fourth-order valence-electron chi connectivity index (χ4n) is 1.60. The summed E-state index contributed by atoms with van der Waals surface area (Å²) in [7, 11) is 0. The van der Waals surface area contributed by atoms with Crippen molar-refractivity contribution in [3.8, 4) is 0 Å². The van der Waals surface area contributed by atoms with Crippen LogP contribution in [0.5, 0.6) is 0 Å². The summed E-state index contributed by atoms with van der Waals surface area (Å²) in [4.78, 5) is 0. The van der Waals surface area contributed by atoms with Crippen molar-refractivity contribution in [2.75, 3.05) is 6.54 Å². The van der Waals surface area contributed by atoms with Gasteiger partial charge in [0.2, 0.25) is 0 Å². The van der Waals surface area contributed by atoms with Crippen LogP contribution >= 0.6 is 0 Å². The maximum absolute atomic E-state index is 4.14. The second-order valence-electron chi connectivity index (χ2n) is 3.09. The Morgan fingerprint density at radius 2 is 2.67 bits per heavy atom. The van der Waals surface area contributed by atoms with E-state index in [1.54, 1.807) is 10.9 Å². The van der Waals surface area contributed by atoms with Crippen molar-refractivity contribution in [1.29, 1.82) is 0 Å². The SMILES string of the molecule is C=Cn1cc(C2CCCN2)cn1. The minimum Gasteiger partial charge on any atom is -0.310 e. The summed E-state index contributed by atoms with van der Waals surface area (Å²) in [5.41, 5.74) is 1.27. The molecule has 1 N–H and O–H groups in total. The topological polar surface area (TPSA) is 29.9 Å². The Labute approximate surface area is 72.1 Å². The zero-order valence-electron chi connectivity index (χ0n) is 7.03. The van der Waals surface area contributed by atoms with Gasteiger partial charge >= 0.3 is 0 Å². The monoisotopic (exact) mass is 163 g/mol. The van der Waals surface area contributed by atoms with E-state index in [2.05, 4.69) is 17.0 Å². The van der Waals surface area contributed by atoms with Crippen LogP contribution in [-0.4, -0.2) is 16.3 Å². The Hall–Kier alpha value is -1.09. The molecule has 0 bridgehead atoms. The number of aromatic nitrogens is 2. The van der Waals surface area contributed by atoms with Crippen molar-refractivity contribution in [3.63, 3.8) is 0 Å². The average Bonchev–Trinajstić information content (AvgIpc) is 2.75. The van der Waals surface area contributed by atoms with Gasteiger partial charge < -0.3 is 5.32 Å². The van der Waals surface area contributed by atoms with E-state index in [1.165, 1.54) is 18.4 Å². The highest BCUT2D eigenvalue weighted by Gasteiger charge is 2.16. The summed E-state index contributed by atoms with van der Waals surface area (Å²) < 4.78 is 1.75. The Morgan fingerprint density at radius 3 is 3.25 bits per heavy atom. The molecule has 3 nitrogen and oxygen atoms in total. The summed E-state index contributed by atoms with van der Waals surface area (Å²) >= 11 is 0. The van der Waals surface area contributed by atoms with Gasteiger partial charge in [0.05, 0.1) is 6.20 Å². The second-order valence-corrected chi connectivity index (χ2v) is 3.09. The van der Waals surface area contributed by atoms with E-state index in [0.717, 1.165) is 6.54 Å². The van der Waals surface area contributed by atoms with Crippen molar-refractivity contribution in [3.05, 3.63) is 24.5 Å². The summed E-state index contributed by atoms with van der Waals surface area (Å²) in [5, 5.41) is 7.56. The van der Waals surface area contributed by atoms with Crippen molar-refractivity contribution < 1.29 is 0 Å². The van der Waals surface area contributed by atoms with Crippen molar-refractivity contribution in [2.24, 2.45) is 0 Å². The van der Waals surface area contributed by atoms with E-state index in [0.29, 0.717) is 6.04 Å². The van der Waals surface area contributed by atoms with Gasteiger partial charge in [0.25, 0.3) is 0 Å². The minimum atomic E-state index is 0.513. The Kier molecular flexibility index (Phi) is 1.96. The van der Waals surface area contributed by atoms with Crippen molar-refractivity contribution in [2.45, 2.75) is 18.9 Å². The third kappa shape index (κ3) is 1.28. The van der Waals surface area contributed by atoms with Gasteiger partial charge in [-0.05, 0) is 19.4 Å².